The third-order valence-electron chi connectivity index (χ3n) is 3.27. The summed E-state index contributed by atoms with van der Waals surface area (Å²) in [6.07, 6.45) is 2.79. The van der Waals surface area contributed by atoms with Crippen LogP contribution in [0.2, 0.25) is 0 Å². The highest BCUT2D eigenvalue weighted by molar-refractivity contribution is 5.24. The molecular formula is C16H26O. The molecule has 2 unspecified atom stereocenters. The summed E-state index contributed by atoms with van der Waals surface area (Å²) in [7, 11) is 0. The number of aliphatic hydroxyl groups excluding tert-OH is 1. The van der Waals surface area contributed by atoms with Gasteiger partial charge in [-0.3, -0.25) is 0 Å². The number of benzene rings is 1. The van der Waals surface area contributed by atoms with Crippen LogP contribution in [0.1, 0.15) is 57.8 Å². The smallest absolute Gasteiger partial charge is 0.0792 e. The maximum atomic E-state index is 10.2. The van der Waals surface area contributed by atoms with Gasteiger partial charge in [0.05, 0.1) is 6.10 Å². The second kappa shape index (κ2) is 6.80. The molecule has 17 heavy (non-hydrogen) atoms. The quantitative estimate of drug-likeness (QED) is 0.775. The van der Waals surface area contributed by atoms with Gasteiger partial charge in [-0.1, -0.05) is 52.0 Å². The molecule has 1 rings (SSSR count). The lowest BCUT2D eigenvalue weighted by Crippen LogP contribution is -2.07. The zero-order valence-electron chi connectivity index (χ0n) is 11.6. The largest absolute Gasteiger partial charge is 0.388 e. The van der Waals surface area contributed by atoms with Gasteiger partial charge in [0.2, 0.25) is 0 Å². The molecule has 1 N–H and O–H groups in total. The molecule has 0 aliphatic heterocycles. The molecule has 0 aromatic heterocycles. The van der Waals surface area contributed by atoms with E-state index < -0.39 is 0 Å². The van der Waals surface area contributed by atoms with Gasteiger partial charge in [-0.05, 0) is 42.2 Å². The Labute approximate surface area is 106 Å². The Hall–Kier alpha value is -0.820. The van der Waals surface area contributed by atoms with E-state index in [-0.39, 0.29) is 6.10 Å². The molecule has 96 valence electrons. The highest BCUT2D eigenvalue weighted by atomic mass is 16.3. The van der Waals surface area contributed by atoms with Gasteiger partial charge in [-0.25, -0.2) is 0 Å². The minimum absolute atomic E-state index is 0.311. The van der Waals surface area contributed by atoms with E-state index in [0.717, 1.165) is 18.4 Å². The number of aliphatic hydroxyl groups is 1. The van der Waals surface area contributed by atoms with Gasteiger partial charge in [0.25, 0.3) is 0 Å². The van der Waals surface area contributed by atoms with Gasteiger partial charge < -0.3 is 5.11 Å². The lowest BCUT2D eigenvalue weighted by atomic mass is 9.91. The Bertz CT molecular complexity index is 313. The maximum Gasteiger partial charge on any atom is 0.0792 e. The SMILES string of the molecule is CCc1ccc(C(O)CC(C)CC(C)C)cc1. The van der Waals surface area contributed by atoms with E-state index in [1.54, 1.807) is 0 Å². The molecule has 1 aromatic rings. The second-order valence-electron chi connectivity index (χ2n) is 5.58. The monoisotopic (exact) mass is 234 g/mol. The van der Waals surface area contributed by atoms with E-state index in [4.69, 9.17) is 0 Å². The second-order valence-corrected chi connectivity index (χ2v) is 5.58. The molecule has 0 bridgehead atoms. The zero-order chi connectivity index (χ0) is 12.8. The highest BCUT2D eigenvalue weighted by Gasteiger charge is 2.13. The van der Waals surface area contributed by atoms with Crippen LogP contribution in [-0.4, -0.2) is 5.11 Å². The van der Waals surface area contributed by atoms with Crippen LogP contribution in [0.3, 0.4) is 0 Å². The fourth-order valence-electron chi connectivity index (χ4n) is 2.39. The predicted octanol–water partition coefficient (Wildman–Crippen LogP) is 4.35. The van der Waals surface area contributed by atoms with Crippen LogP contribution >= 0.6 is 0 Å². The number of aryl methyl sites for hydroxylation is 1. The Morgan fingerprint density at radius 3 is 2.06 bits per heavy atom. The molecule has 0 radical (unpaired) electrons. The van der Waals surface area contributed by atoms with Crippen LogP contribution in [0.4, 0.5) is 0 Å². The molecular weight excluding hydrogens is 208 g/mol. The summed E-state index contributed by atoms with van der Waals surface area (Å²) in [5.41, 5.74) is 2.38. The molecule has 0 saturated heterocycles. The van der Waals surface area contributed by atoms with Crippen LogP contribution < -0.4 is 0 Å². The first kappa shape index (κ1) is 14.2. The summed E-state index contributed by atoms with van der Waals surface area (Å²) in [5, 5.41) is 10.2. The van der Waals surface area contributed by atoms with Crippen molar-refractivity contribution >= 4 is 0 Å². The molecule has 0 spiro atoms. The standard InChI is InChI=1S/C16H26O/c1-5-14-6-8-15(9-7-14)16(17)11-13(4)10-12(2)3/h6-9,12-13,16-17H,5,10-11H2,1-4H3. The third-order valence-corrected chi connectivity index (χ3v) is 3.27. The molecule has 0 aliphatic carbocycles. The van der Waals surface area contributed by atoms with Crippen molar-refractivity contribution in [2.45, 2.75) is 53.1 Å². The van der Waals surface area contributed by atoms with Crippen LogP contribution in [-0.2, 0) is 6.42 Å². The zero-order valence-corrected chi connectivity index (χ0v) is 11.6. The van der Waals surface area contributed by atoms with E-state index in [1.807, 2.05) is 0 Å². The van der Waals surface area contributed by atoms with E-state index in [0.29, 0.717) is 11.8 Å². The molecule has 0 fully saturated rings. The van der Waals surface area contributed by atoms with Crippen molar-refractivity contribution in [2.75, 3.05) is 0 Å². The van der Waals surface area contributed by atoms with Crippen LogP contribution in [0.15, 0.2) is 24.3 Å². The Balaban J connectivity index is 2.53. The average Bonchev–Trinajstić information content (AvgIpc) is 2.28. The van der Waals surface area contributed by atoms with E-state index in [2.05, 4.69) is 52.0 Å². The highest BCUT2D eigenvalue weighted by Crippen LogP contribution is 2.25. The Morgan fingerprint density at radius 1 is 1.00 bits per heavy atom. The van der Waals surface area contributed by atoms with Crippen molar-refractivity contribution in [3.63, 3.8) is 0 Å². The van der Waals surface area contributed by atoms with Crippen molar-refractivity contribution < 1.29 is 5.11 Å². The van der Waals surface area contributed by atoms with E-state index >= 15 is 0 Å². The molecule has 0 saturated carbocycles. The van der Waals surface area contributed by atoms with Gasteiger partial charge >= 0.3 is 0 Å². The Morgan fingerprint density at radius 2 is 1.59 bits per heavy atom. The normalized spacial score (nSPS) is 14.9. The maximum absolute atomic E-state index is 10.2. The van der Waals surface area contributed by atoms with Crippen LogP contribution in [0, 0.1) is 11.8 Å². The first-order valence-electron chi connectivity index (χ1n) is 6.79. The first-order chi connectivity index (χ1) is 8.02. The Kier molecular flexibility index (Phi) is 5.70. The van der Waals surface area contributed by atoms with Gasteiger partial charge in [0.1, 0.15) is 0 Å². The van der Waals surface area contributed by atoms with Crippen molar-refractivity contribution in [1.82, 2.24) is 0 Å². The van der Waals surface area contributed by atoms with Crippen LogP contribution in [0.25, 0.3) is 0 Å². The molecule has 2 atom stereocenters. The fourth-order valence-corrected chi connectivity index (χ4v) is 2.39. The molecule has 0 amide bonds. The number of rotatable bonds is 6. The summed E-state index contributed by atoms with van der Waals surface area (Å²) in [4.78, 5) is 0. The lowest BCUT2D eigenvalue weighted by molar-refractivity contribution is 0.142. The minimum Gasteiger partial charge on any atom is -0.388 e. The predicted molar refractivity (Wildman–Crippen MR) is 74.0 cm³/mol. The summed E-state index contributed by atoms with van der Waals surface area (Å²) in [5.74, 6) is 1.29. The van der Waals surface area contributed by atoms with Crippen molar-refractivity contribution in [2.24, 2.45) is 11.8 Å². The van der Waals surface area contributed by atoms with Crippen molar-refractivity contribution in [3.8, 4) is 0 Å². The molecule has 1 aromatic carbocycles. The topological polar surface area (TPSA) is 20.2 Å². The number of hydrogen-bond acceptors (Lipinski definition) is 1. The molecule has 1 nitrogen and oxygen atoms in total. The van der Waals surface area contributed by atoms with Gasteiger partial charge in [0.15, 0.2) is 0 Å². The van der Waals surface area contributed by atoms with Gasteiger partial charge in [0, 0.05) is 0 Å². The fraction of sp³-hybridized carbons (Fsp3) is 0.625. The summed E-state index contributed by atoms with van der Waals surface area (Å²) in [6, 6.07) is 8.36. The van der Waals surface area contributed by atoms with Crippen molar-refractivity contribution in [1.29, 1.82) is 0 Å². The van der Waals surface area contributed by atoms with Gasteiger partial charge in [-0.15, -0.1) is 0 Å². The minimum atomic E-state index is -0.311. The summed E-state index contributed by atoms with van der Waals surface area (Å²) < 4.78 is 0. The first-order valence-corrected chi connectivity index (χ1v) is 6.79. The average molecular weight is 234 g/mol. The molecule has 1 heteroatoms. The lowest BCUT2D eigenvalue weighted by Gasteiger charge is -2.18. The molecule has 0 heterocycles. The summed E-state index contributed by atoms with van der Waals surface area (Å²) >= 11 is 0. The third kappa shape index (κ3) is 4.91. The number of hydrogen-bond donors (Lipinski definition) is 1. The van der Waals surface area contributed by atoms with Crippen LogP contribution in [0.5, 0.6) is 0 Å². The van der Waals surface area contributed by atoms with Crippen molar-refractivity contribution in [3.05, 3.63) is 35.4 Å². The molecule has 0 aliphatic rings. The van der Waals surface area contributed by atoms with E-state index in [9.17, 15) is 5.11 Å². The van der Waals surface area contributed by atoms with E-state index in [1.165, 1.54) is 12.0 Å². The van der Waals surface area contributed by atoms with Gasteiger partial charge in [-0.2, -0.15) is 0 Å². The summed E-state index contributed by atoms with van der Waals surface area (Å²) in [6.45, 7) is 8.84.